The van der Waals surface area contributed by atoms with Crippen LogP contribution < -0.4 is 19.3 Å². The number of piperazine rings is 1. The van der Waals surface area contributed by atoms with Gasteiger partial charge in [0.2, 0.25) is 0 Å². The van der Waals surface area contributed by atoms with Gasteiger partial charge in [0.15, 0.2) is 0 Å². The average Bonchev–Trinajstić information content (AvgIpc) is 2.78. The number of hydrogen-bond acceptors (Lipinski definition) is 4. The zero-order chi connectivity index (χ0) is 20.6. The van der Waals surface area contributed by atoms with Gasteiger partial charge >= 0.3 is 0 Å². The highest BCUT2D eigenvalue weighted by Crippen LogP contribution is 2.28. The van der Waals surface area contributed by atoms with Crippen molar-refractivity contribution >= 4 is 5.69 Å². The van der Waals surface area contributed by atoms with Crippen LogP contribution in [0.2, 0.25) is 0 Å². The molecule has 1 aliphatic heterocycles. The lowest BCUT2D eigenvalue weighted by molar-refractivity contribution is -0.903. The van der Waals surface area contributed by atoms with E-state index in [-0.39, 0.29) is 0 Å². The molecule has 158 valence electrons. The molecule has 0 spiro atoms. The number of methoxy groups -OCH3 is 1. The van der Waals surface area contributed by atoms with Crippen LogP contribution in [-0.2, 0) is 0 Å². The molecular weight excluding hydrogens is 364 g/mol. The lowest BCUT2D eigenvalue weighted by Crippen LogP contribution is -3.16. The van der Waals surface area contributed by atoms with Crippen LogP contribution in [0.5, 0.6) is 11.5 Å². The molecule has 0 aromatic heterocycles. The van der Waals surface area contributed by atoms with Crippen molar-refractivity contribution in [1.29, 1.82) is 0 Å². The highest BCUT2D eigenvalue weighted by Gasteiger charge is 2.23. The summed E-state index contributed by atoms with van der Waals surface area (Å²) in [4.78, 5) is 3.83. The summed E-state index contributed by atoms with van der Waals surface area (Å²) in [6.45, 7) is 9.49. The Balaban J connectivity index is 1.45. The minimum atomic E-state index is -0.456. The van der Waals surface area contributed by atoms with Gasteiger partial charge in [-0.05, 0) is 48.2 Å². The number of ether oxygens (including phenoxy) is 2. The average molecular weight is 400 g/mol. The topological polar surface area (TPSA) is 46.4 Å². The minimum absolute atomic E-state index is 0.346. The molecule has 1 saturated heterocycles. The van der Waals surface area contributed by atoms with Gasteiger partial charge in [-0.3, -0.25) is 0 Å². The van der Waals surface area contributed by atoms with Crippen molar-refractivity contribution in [2.24, 2.45) is 0 Å². The monoisotopic (exact) mass is 399 g/mol. The highest BCUT2D eigenvalue weighted by molar-refractivity contribution is 5.49. The van der Waals surface area contributed by atoms with E-state index in [1.54, 1.807) is 7.11 Å². The van der Waals surface area contributed by atoms with Crippen molar-refractivity contribution in [1.82, 2.24) is 0 Å². The maximum Gasteiger partial charge on any atom is 0.137 e. The number of aliphatic hydroxyl groups is 1. The molecule has 1 fully saturated rings. The van der Waals surface area contributed by atoms with E-state index in [2.05, 4.69) is 43.0 Å². The predicted molar refractivity (Wildman–Crippen MR) is 117 cm³/mol. The van der Waals surface area contributed by atoms with Crippen LogP contribution in [0.4, 0.5) is 5.69 Å². The Kier molecular flexibility index (Phi) is 7.78. The van der Waals surface area contributed by atoms with Crippen molar-refractivity contribution in [3.8, 4) is 11.5 Å². The van der Waals surface area contributed by atoms with E-state index in [1.165, 1.54) is 16.2 Å². The van der Waals surface area contributed by atoms with Crippen molar-refractivity contribution in [3.63, 3.8) is 0 Å². The summed E-state index contributed by atoms with van der Waals surface area (Å²) < 4.78 is 11.2. The van der Waals surface area contributed by atoms with Crippen molar-refractivity contribution < 1.29 is 19.5 Å². The van der Waals surface area contributed by atoms with E-state index < -0.39 is 6.10 Å². The standard InChI is InChI=1S/C24H34N2O3/c1-4-19(2)23-7-5-6-8-24(23)29-18-21(27)17-25-13-15-26(16-14-25)20-9-11-22(28-3)12-10-20/h5-12,19,21,27H,4,13-18H2,1-3H3/p+1/t19-,21+/m1/s1. The molecule has 2 N–H and O–H groups in total. The molecule has 0 aliphatic carbocycles. The molecule has 0 bridgehead atoms. The van der Waals surface area contributed by atoms with Crippen LogP contribution in [0.15, 0.2) is 48.5 Å². The Hall–Kier alpha value is -2.24. The number of aliphatic hydroxyl groups excluding tert-OH is 1. The van der Waals surface area contributed by atoms with Gasteiger partial charge in [0.05, 0.1) is 33.3 Å². The first kappa shape index (κ1) is 21.5. The molecule has 0 saturated carbocycles. The molecule has 0 radical (unpaired) electrons. The third-order valence-corrected chi connectivity index (χ3v) is 5.93. The maximum atomic E-state index is 10.5. The van der Waals surface area contributed by atoms with Gasteiger partial charge in [0.25, 0.3) is 0 Å². The molecule has 29 heavy (non-hydrogen) atoms. The zero-order valence-electron chi connectivity index (χ0n) is 17.9. The number of para-hydroxylation sites is 1. The molecule has 0 amide bonds. The summed E-state index contributed by atoms with van der Waals surface area (Å²) in [5.74, 6) is 2.25. The molecule has 2 aromatic carbocycles. The number of benzene rings is 2. The van der Waals surface area contributed by atoms with Crippen LogP contribution >= 0.6 is 0 Å². The first-order valence-corrected chi connectivity index (χ1v) is 10.7. The number of nitrogens with zero attached hydrogens (tertiary/aromatic N) is 1. The van der Waals surface area contributed by atoms with Gasteiger partial charge in [-0.2, -0.15) is 0 Å². The quantitative estimate of drug-likeness (QED) is 0.680. The molecule has 5 heteroatoms. The van der Waals surface area contributed by atoms with Crippen LogP contribution in [0.1, 0.15) is 31.7 Å². The second-order valence-electron chi connectivity index (χ2n) is 7.95. The van der Waals surface area contributed by atoms with E-state index in [9.17, 15) is 5.11 Å². The second kappa shape index (κ2) is 10.5. The van der Waals surface area contributed by atoms with E-state index in [1.807, 2.05) is 24.3 Å². The maximum absolute atomic E-state index is 10.5. The van der Waals surface area contributed by atoms with Crippen LogP contribution in [0.25, 0.3) is 0 Å². The summed E-state index contributed by atoms with van der Waals surface area (Å²) >= 11 is 0. The summed E-state index contributed by atoms with van der Waals surface area (Å²) in [7, 11) is 1.69. The zero-order valence-corrected chi connectivity index (χ0v) is 17.9. The molecule has 3 rings (SSSR count). The van der Waals surface area contributed by atoms with Crippen molar-refractivity contribution in [2.75, 3.05) is 51.3 Å². The highest BCUT2D eigenvalue weighted by atomic mass is 16.5. The Morgan fingerprint density at radius 2 is 1.76 bits per heavy atom. The summed E-state index contributed by atoms with van der Waals surface area (Å²) in [6.07, 6.45) is 0.619. The van der Waals surface area contributed by atoms with Crippen LogP contribution in [-0.4, -0.2) is 57.7 Å². The number of nitrogens with one attached hydrogen (secondary N) is 1. The van der Waals surface area contributed by atoms with Gasteiger partial charge in [-0.15, -0.1) is 0 Å². The van der Waals surface area contributed by atoms with E-state index >= 15 is 0 Å². The minimum Gasteiger partial charge on any atom is -0.497 e. The Bertz CT molecular complexity index is 742. The van der Waals surface area contributed by atoms with Gasteiger partial charge in [-0.1, -0.05) is 32.0 Å². The fourth-order valence-electron chi connectivity index (χ4n) is 3.90. The third-order valence-electron chi connectivity index (χ3n) is 5.93. The number of hydrogen-bond donors (Lipinski definition) is 2. The number of rotatable bonds is 9. The Morgan fingerprint density at radius 1 is 1.07 bits per heavy atom. The fraction of sp³-hybridized carbons (Fsp3) is 0.500. The lowest BCUT2D eigenvalue weighted by Gasteiger charge is -2.34. The predicted octanol–water partition coefficient (Wildman–Crippen LogP) is 2.35. The van der Waals surface area contributed by atoms with Crippen LogP contribution in [0, 0.1) is 0 Å². The molecule has 0 unspecified atom stereocenters. The largest absolute Gasteiger partial charge is 0.497 e. The second-order valence-corrected chi connectivity index (χ2v) is 7.95. The first-order valence-electron chi connectivity index (χ1n) is 10.7. The SMILES string of the molecule is CC[C@@H](C)c1ccccc1OC[C@@H](O)C[NH+]1CCN(c2ccc(OC)cc2)CC1. The van der Waals surface area contributed by atoms with Crippen molar-refractivity contribution in [3.05, 3.63) is 54.1 Å². The van der Waals surface area contributed by atoms with Gasteiger partial charge in [-0.25, -0.2) is 0 Å². The molecule has 2 atom stereocenters. The third kappa shape index (κ3) is 5.87. The molecule has 1 aliphatic rings. The smallest absolute Gasteiger partial charge is 0.137 e. The van der Waals surface area contributed by atoms with E-state index in [4.69, 9.17) is 9.47 Å². The molecular formula is C24H35N2O3+. The van der Waals surface area contributed by atoms with Crippen LogP contribution in [0.3, 0.4) is 0 Å². The Labute approximate surface area is 174 Å². The Morgan fingerprint density at radius 3 is 2.41 bits per heavy atom. The number of quaternary nitrogens is 1. The normalized spacial score (nSPS) is 17.0. The summed E-state index contributed by atoms with van der Waals surface area (Å²) in [5.41, 5.74) is 2.46. The van der Waals surface area contributed by atoms with Gasteiger partial charge in [0.1, 0.15) is 30.8 Å². The molecule has 5 nitrogen and oxygen atoms in total. The van der Waals surface area contributed by atoms with E-state index in [0.29, 0.717) is 12.5 Å². The fourth-order valence-corrected chi connectivity index (χ4v) is 3.90. The van der Waals surface area contributed by atoms with E-state index in [0.717, 1.165) is 50.6 Å². The lowest BCUT2D eigenvalue weighted by atomic mass is 9.98. The first-order chi connectivity index (χ1) is 14.1. The van der Waals surface area contributed by atoms with Gasteiger partial charge < -0.3 is 24.4 Å². The van der Waals surface area contributed by atoms with Gasteiger partial charge in [0, 0.05) is 5.69 Å². The molecule has 1 heterocycles. The number of anilines is 1. The summed E-state index contributed by atoms with van der Waals surface area (Å²) in [6, 6.07) is 16.4. The summed E-state index contributed by atoms with van der Waals surface area (Å²) in [5, 5.41) is 10.5. The molecule has 2 aromatic rings. The van der Waals surface area contributed by atoms with Crippen molar-refractivity contribution in [2.45, 2.75) is 32.3 Å².